The van der Waals surface area contributed by atoms with Crippen LogP contribution < -0.4 is 16.4 Å². The number of thiazole rings is 1. The molecule has 5 rings (SSSR count). The Morgan fingerprint density at radius 2 is 1.86 bits per heavy atom. The van der Waals surface area contributed by atoms with Crippen molar-refractivity contribution in [3.63, 3.8) is 0 Å². The van der Waals surface area contributed by atoms with Gasteiger partial charge in [-0.15, -0.1) is 0 Å². The minimum absolute atomic E-state index is 0.0327. The average molecular weight is 509 g/mol. The average Bonchev–Trinajstić information content (AvgIpc) is 3.24. The molecular formula is C25H28N6O2S2. The maximum Gasteiger partial charge on any atom is 0.226 e. The Balaban J connectivity index is 1.25. The molecule has 0 radical (unpaired) electrons. The summed E-state index contributed by atoms with van der Waals surface area (Å²) in [6.45, 7) is 3.54. The number of aromatic nitrogens is 3. The van der Waals surface area contributed by atoms with Gasteiger partial charge in [0.05, 0.1) is 15.5 Å². The molecule has 0 bridgehead atoms. The Kier molecular flexibility index (Phi) is 6.68. The minimum Gasteiger partial charge on any atom is -0.375 e. The van der Waals surface area contributed by atoms with Crippen molar-refractivity contribution in [3.05, 3.63) is 64.5 Å². The Bertz CT molecular complexity index is 1420. The van der Waals surface area contributed by atoms with Crippen molar-refractivity contribution in [3.8, 4) is 0 Å². The Hall–Kier alpha value is -3.08. The maximum atomic E-state index is 13.0. The molecule has 10 heteroatoms. The molecule has 3 aromatic rings. The van der Waals surface area contributed by atoms with Crippen LogP contribution in [0.25, 0.3) is 22.4 Å². The molecule has 4 N–H and O–H groups in total. The SMILES string of the molecule is CC1CC(S(=O)(=O)C2CCNCC2)=CC=C1Nc1ncc(/C=C/c2ccc3nc(N)sc3c2)cn1. The van der Waals surface area contributed by atoms with E-state index in [-0.39, 0.29) is 11.2 Å². The molecule has 2 aliphatic rings. The van der Waals surface area contributed by atoms with E-state index in [4.69, 9.17) is 5.73 Å². The first-order valence-electron chi connectivity index (χ1n) is 11.7. The molecule has 8 nitrogen and oxygen atoms in total. The van der Waals surface area contributed by atoms with Gasteiger partial charge >= 0.3 is 0 Å². The summed E-state index contributed by atoms with van der Waals surface area (Å²) in [5.74, 6) is 0.519. The van der Waals surface area contributed by atoms with Gasteiger partial charge in [-0.1, -0.05) is 36.5 Å². The van der Waals surface area contributed by atoms with E-state index in [1.807, 2.05) is 37.3 Å². The van der Waals surface area contributed by atoms with Crippen molar-refractivity contribution >= 4 is 54.6 Å². The highest BCUT2D eigenvalue weighted by molar-refractivity contribution is 7.95. The molecule has 1 aromatic carbocycles. The van der Waals surface area contributed by atoms with Crippen LogP contribution in [0.1, 0.15) is 37.3 Å². The highest BCUT2D eigenvalue weighted by Crippen LogP contribution is 2.32. The number of piperidine rings is 1. The van der Waals surface area contributed by atoms with Crippen molar-refractivity contribution < 1.29 is 8.42 Å². The molecule has 3 heterocycles. The van der Waals surface area contributed by atoms with Crippen LogP contribution in [0.5, 0.6) is 0 Å². The third kappa shape index (κ3) is 5.29. The zero-order valence-electron chi connectivity index (χ0n) is 19.4. The van der Waals surface area contributed by atoms with E-state index in [0.717, 1.165) is 40.1 Å². The molecule has 182 valence electrons. The van der Waals surface area contributed by atoms with Crippen LogP contribution in [0.2, 0.25) is 0 Å². The molecular weight excluding hydrogens is 480 g/mol. The monoisotopic (exact) mass is 508 g/mol. The van der Waals surface area contributed by atoms with Crippen LogP contribution in [0, 0.1) is 5.92 Å². The maximum absolute atomic E-state index is 13.0. The number of sulfone groups is 1. The van der Waals surface area contributed by atoms with Crippen molar-refractivity contribution in [2.75, 3.05) is 24.1 Å². The number of nitrogens with one attached hydrogen (secondary N) is 2. The summed E-state index contributed by atoms with van der Waals surface area (Å²) in [6.07, 6.45) is 12.9. The zero-order valence-corrected chi connectivity index (χ0v) is 21.1. The van der Waals surface area contributed by atoms with E-state index >= 15 is 0 Å². The van der Waals surface area contributed by atoms with Gasteiger partial charge in [-0.05, 0) is 62.2 Å². The van der Waals surface area contributed by atoms with E-state index in [1.54, 1.807) is 18.5 Å². The smallest absolute Gasteiger partial charge is 0.226 e. The fourth-order valence-corrected chi connectivity index (χ4v) is 7.20. The number of nitrogens with zero attached hydrogens (tertiary/aromatic N) is 3. The first kappa shape index (κ1) is 23.7. The molecule has 0 saturated carbocycles. The number of hydrogen-bond acceptors (Lipinski definition) is 9. The lowest BCUT2D eigenvalue weighted by molar-refractivity contribution is 0.497. The van der Waals surface area contributed by atoms with E-state index in [2.05, 4.69) is 31.7 Å². The lowest BCUT2D eigenvalue weighted by atomic mass is 9.99. The van der Waals surface area contributed by atoms with Gasteiger partial charge in [0, 0.05) is 34.5 Å². The second-order valence-electron chi connectivity index (χ2n) is 8.93. The summed E-state index contributed by atoms with van der Waals surface area (Å²) >= 11 is 1.47. The Morgan fingerprint density at radius 3 is 2.60 bits per heavy atom. The fourth-order valence-electron chi connectivity index (χ4n) is 4.40. The summed E-state index contributed by atoms with van der Waals surface area (Å²) < 4.78 is 27.1. The molecule has 1 atom stereocenters. The van der Waals surface area contributed by atoms with Crippen LogP contribution in [0.15, 0.2) is 53.3 Å². The highest BCUT2D eigenvalue weighted by atomic mass is 32.2. The first-order valence-corrected chi connectivity index (χ1v) is 14.0. The molecule has 0 spiro atoms. The van der Waals surface area contributed by atoms with Crippen LogP contribution in [0.3, 0.4) is 0 Å². The van der Waals surface area contributed by atoms with Gasteiger partial charge in [0.2, 0.25) is 5.95 Å². The van der Waals surface area contributed by atoms with Crippen LogP contribution in [-0.4, -0.2) is 41.7 Å². The number of rotatable bonds is 6. The van der Waals surface area contributed by atoms with E-state index in [1.165, 1.54) is 11.3 Å². The van der Waals surface area contributed by atoms with Gasteiger partial charge in [0.15, 0.2) is 15.0 Å². The van der Waals surface area contributed by atoms with Gasteiger partial charge in [0.25, 0.3) is 0 Å². The van der Waals surface area contributed by atoms with Gasteiger partial charge in [0.1, 0.15) is 0 Å². The molecule has 2 aromatic heterocycles. The van der Waals surface area contributed by atoms with Crippen molar-refractivity contribution in [2.45, 2.75) is 31.4 Å². The molecule has 1 aliphatic carbocycles. The quantitative estimate of drug-likeness (QED) is 0.452. The third-order valence-corrected chi connectivity index (χ3v) is 9.63. The molecule has 1 aliphatic heterocycles. The Labute approximate surface area is 209 Å². The lowest BCUT2D eigenvalue weighted by Crippen LogP contribution is -2.36. The number of benzene rings is 1. The van der Waals surface area contributed by atoms with E-state index in [0.29, 0.717) is 35.2 Å². The van der Waals surface area contributed by atoms with Gasteiger partial charge in [-0.2, -0.15) is 0 Å². The summed E-state index contributed by atoms with van der Waals surface area (Å²) in [7, 11) is -3.26. The second-order valence-corrected chi connectivity index (χ2v) is 12.3. The van der Waals surface area contributed by atoms with Gasteiger partial charge in [-0.3, -0.25) is 0 Å². The summed E-state index contributed by atoms with van der Waals surface area (Å²) in [5, 5.41) is 6.77. The third-order valence-electron chi connectivity index (χ3n) is 6.40. The summed E-state index contributed by atoms with van der Waals surface area (Å²) in [6, 6.07) is 6.02. The number of allylic oxidation sites excluding steroid dienone is 4. The van der Waals surface area contributed by atoms with E-state index < -0.39 is 9.84 Å². The molecule has 35 heavy (non-hydrogen) atoms. The number of anilines is 2. The number of hydrogen-bond donors (Lipinski definition) is 3. The normalized spacial score (nSPS) is 19.6. The number of nitrogens with two attached hydrogens (primary N) is 1. The standard InChI is InChI=1S/C25H28N6O2S2/c1-16-12-20(35(32,33)19-8-10-27-11-9-19)5-7-21(16)31-25-28-14-18(15-29-25)3-2-17-4-6-22-23(13-17)34-24(26)30-22/h2-7,13-16,19,27H,8-12H2,1H3,(H2,26,30)(H,28,29,31)/b3-2+. The van der Waals surface area contributed by atoms with Crippen LogP contribution in [0.4, 0.5) is 11.1 Å². The molecule has 1 unspecified atom stereocenters. The first-order chi connectivity index (χ1) is 16.9. The minimum atomic E-state index is -3.26. The van der Waals surface area contributed by atoms with Crippen molar-refractivity contribution in [2.24, 2.45) is 5.92 Å². The number of nitrogen functional groups attached to an aromatic ring is 1. The molecule has 1 saturated heterocycles. The van der Waals surface area contributed by atoms with E-state index in [9.17, 15) is 8.42 Å². The zero-order chi connectivity index (χ0) is 24.4. The highest BCUT2D eigenvalue weighted by Gasteiger charge is 2.32. The number of fused-ring (bicyclic) bond motifs is 1. The lowest BCUT2D eigenvalue weighted by Gasteiger charge is -2.27. The van der Waals surface area contributed by atoms with Gasteiger partial charge in [-0.25, -0.2) is 23.4 Å². The predicted molar refractivity (Wildman–Crippen MR) is 143 cm³/mol. The van der Waals surface area contributed by atoms with Crippen LogP contribution >= 0.6 is 11.3 Å². The fraction of sp³-hybridized carbons (Fsp3) is 0.320. The van der Waals surface area contributed by atoms with Crippen molar-refractivity contribution in [1.82, 2.24) is 20.3 Å². The molecule has 1 fully saturated rings. The largest absolute Gasteiger partial charge is 0.375 e. The summed E-state index contributed by atoms with van der Waals surface area (Å²) in [4.78, 5) is 13.7. The Morgan fingerprint density at radius 1 is 1.11 bits per heavy atom. The van der Waals surface area contributed by atoms with Gasteiger partial charge < -0.3 is 16.4 Å². The molecule has 0 amide bonds. The second kappa shape index (κ2) is 9.88. The van der Waals surface area contributed by atoms with Crippen LogP contribution in [-0.2, 0) is 9.84 Å². The predicted octanol–water partition coefficient (Wildman–Crippen LogP) is 4.23. The van der Waals surface area contributed by atoms with Crippen molar-refractivity contribution in [1.29, 1.82) is 0 Å². The summed E-state index contributed by atoms with van der Waals surface area (Å²) in [5.41, 5.74) is 9.52. The topological polar surface area (TPSA) is 123 Å².